The Morgan fingerprint density at radius 2 is 0.950 bits per heavy atom. The Balaban J connectivity index is 2.94. The third kappa shape index (κ3) is 17.8. The van der Waals surface area contributed by atoms with Gasteiger partial charge in [0.25, 0.3) is 0 Å². The summed E-state index contributed by atoms with van der Waals surface area (Å²) in [5.41, 5.74) is 8.14. The first-order valence-corrected chi connectivity index (χ1v) is 9.60. The van der Waals surface area contributed by atoms with Crippen LogP contribution in [-0.2, 0) is 0 Å². The third-order valence-corrected chi connectivity index (χ3v) is 4.27. The van der Waals surface area contributed by atoms with Gasteiger partial charge in [-0.1, -0.05) is 98.1 Å². The molecule has 0 aliphatic rings. The fourth-order valence-corrected chi connectivity index (χ4v) is 2.84. The summed E-state index contributed by atoms with van der Waals surface area (Å²) in [5, 5.41) is 4.71. The van der Waals surface area contributed by atoms with Crippen molar-refractivity contribution in [3.63, 3.8) is 0 Å². The van der Waals surface area contributed by atoms with Gasteiger partial charge in [0.15, 0.2) is 0 Å². The zero-order chi connectivity index (χ0) is 14.7. The molecule has 0 aliphatic carbocycles. The van der Waals surface area contributed by atoms with Gasteiger partial charge in [-0.2, -0.15) is 0 Å². The number of halogens is 1. The van der Waals surface area contributed by atoms with Crippen LogP contribution in [0.5, 0.6) is 0 Å². The van der Waals surface area contributed by atoms with Gasteiger partial charge in [-0.05, 0) is 18.4 Å². The zero-order valence-electron chi connectivity index (χ0n) is 13.0. The van der Waals surface area contributed by atoms with Gasteiger partial charge in [0, 0.05) is 16.8 Å². The second-order valence-corrected chi connectivity index (χ2v) is 6.39. The molecule has 0 unspecified atom stereocenters. The van der Waals surface area contributed by atoms with E-state index >= 15 is 0 Å². The van der Waals surface area contributed by atoms with Crippen molar-refractivity contribution in [1.82, 2.24) is 0 Å². The van der Waals surface area contributed by atoms with E-state index in [1.807, 2.05) is 0 Å². The molecule has 0 aliphatic heterocycles. The number of unbranched alkanes of at least 4 members (excludes halogenated alkanes) is 13. The van der Waals surface area contributed by atoms with Crippen molar-refractivity contribution in [2.45, 2.75) is 89.9 Å². The Hall–Kier alpha value is -0.210. The van der Waals surface area contributed by atoms with Crippen molar-refractivity contribution in [1.29, 1.82) is 0 Å². The van der Waals surface area contributed by atoms with E-state index in [0.29, 0.717) is 6.54 Å². The second-order valence-electron chi connectivity index (χ2n) is 5.59. The summed E-state index contributed by atoms with van der Waals surface area (Å²) in [6.45, 7) is 0.673. The van der Waals surface area contributed by atoms with Gasteiger partial charge < -0.3 is 0 Å². The smallest absolute Gasteiger partial charge is 0.0257 e. The number of nitrogens with zero attached hydrogens (tertiary/aromatic N) is 3. The molecule has 0 spiro atoms. The van der Waals surface area contributed by atoms with Gasteiger partial charge in [-0.3, -0.25) is 0 Å². The fourth-order valence-electron chi connectivity index (χ4n) is 2.44. The predicted octanol–water partition coefficient (Wildman–Crippen LogP) is 7.15. The first-order chi connectivity index (χ1) is 9.91. The van der Waals surface area contributed by atoms with E-state index < -0.39 is 0 Å². The van der Waals surface area contributed by atoms with E-state index in [4.69, 9.17) is 5.53 Å². The molecular weight excluding hydrogens is 314 g/mol. The van der Waals surface area contributed by atoms with Crippen molar-refractivity contribution in [2.75, 3.05) is 11.9 Å². The molecule has 20 heavy (non-hydrogen) atoms. The summed E-state index contributed by atoms with van der Waals surface area (Å²) in [6, 6.07) is 0. The fraction of sp³-hybridized carbons (Fsp3) is 1.00. The number of hydrogen-bond donors (Lipinski definition) is 0. The molecular formula is C16H32BrN3. The normalized spacial score (nSPS) is 10.4. The molecule has 0 aromatic rings. The standard InChI is InChI=1S/C16H32BrN3/c17-15-13-11-9-7-5-3-1-2-4-6-8-10-12-14-16-19-20-18/h1-16H2. The van der Waals surface area contributed by atoms with E-state index in [9.17, 15) is 0 Å². The Morgan fingerprint density at radius 3 is 1.30 bits per heavy atom. The second kappa shape index (κ2) is 18.8. The van der Waals surface area contributed by atoms with Crippen LogP contribution in [0.15, 0.2) is 5.11 Å². The molecule has 0 saturated carbocycles. The Kier molecular flexibility index (Phi) is 18.6. The summed E-state index contributed by atoms with van der Waals surface area (Å²) in [4.78, 5) is 2.76. The van der Waals surface area contributed by atoms with E-state index in [1.165, 1.54) is 88.8 Å². The number of rotatable bonds is 16. The van der Waals surface area contributed by atoms with Crippen LogP contribution in [-0.4, -0.2) is 11.9 Å². The lowest BCUT2D eigenvalue weighted by molar-refractivity contribution is 0.537. The van der Waals surface area contributed by atoms with Crippen LogP contribution in [0.3, 0.4) is 0 Å². The predicted molar refractivity (Wildman–Crippen MR) is 92.4 cm³/mol. The highest BCUT2D eigenvalue weighted by molar-refractivity contribution is 9.09. The van der Waals surface area contributed by atoms with E-state index in [0.717, 1.165) is 6.42 Å². The van der Waals surface area contributed by atoms with Crippen LogP contribution < -0.4 is 0 Å². The highest BCUT2D eigenvalue weighted by atomic mass is 79.9. The molecule has 0 N–H and O–H groups in total. The molecule has 0 aromatic carbocycles. The molecule has 3 nitrogen and oxygen atoms in total. The minimum atomic E-state index is 0.673. The minimum absolute atomic E-state index is 0.673. The van der Waals surface area contributed by atoms with Crippen LogP contribution in [0.4, 0.5) is 0 Å². The zero-order valence-corrected chi connectivity index (χ0v) is 14.6. The molecule has 118 valence electrons. The first-order valence-electron chi connectivity index (χ1n) is 8.48. The first kappa shape index (κ1) is 19.8. The van der Waals surface area contributed by atoms with Crippen molar-refractivity contribution in [3.05, 3.63) is 10.4 Å². The SMILES string of the molecule is [N-]=[N+]=NCCCCCCCCCCCCCCCCBr. The van der Waals surface area contributed by atoms with E-state index in [2.05, 4.69) is 26.0 Å². The maximum Gasteiger partial charge on any atom is 0.0257 e. The van der Waals surface area contributed by atoms with Crippen molar-refractivity contribution in [2.24, 2.45) is 5.11 Å². The van der Waals surface area contributed by atoms with Crippen LogP contribution >= 0.6 is 15.9 Å². The largest absolute Gasteiger partial charge is 0.0940 e. The molecule has 0 saturated heterocycles. The summed E-state index contributed by atoms with van der Waals surface area (Å²) in [5.74, 6) is 0. The Morgan fingerprint density at radius 1 is 0.600 bits per heavy atom. The number of azide groups is 1. The lowest BCUT2D eigenvalue weighted by atomic mass is 10.0. The summed E-state index contributed by atoms with van der Waals surface area (Å²) < 4.78 is 0. The molecule has 4 heteroatoms. The van der Waals surface area contributed by atoms with Crippen LogP contribution in [0.1, 0.15) is 89.9 Å². The highest BCUT2D eigenvalue weighted by Gasteiger charge is 1.94. The average molecular weight is 346 g/mol. The lowest BCUT2D eigenvalue weighted by Gasteiger charge is -2.02. The maximum absolute atomic E-state index is 8.14. The molecule has 0 radical (unpaired) electrons. The third-order valence-electron chi connectivity index (χ3n) is 3.70. The summed E-state index contributed by atoms with van der Waals surface area (Å²) in [6.07, 6.45) is 19.0. The quantitative estimate of drug-likeness (QED) is 0.0936. The molecule has 0 heterocycles. The molecule has 0 amide bonds. The van der Waals surface area contributed by atoms with Crippen molar-refractivity contribution >= 4 is 15.9 Å². The van der Waals surface area contributed by atoms with Crippen molar-refractivity contribution < 1.29 is 0 Å². The average Bonchev–Trinajstić information content (AvgIpc) is 2.47. The maximum atomic E-state index is 8.14. The van der Waals surface area contributed by atoms with Gasteiger partial charge in [-0.25, -0.2) is 0 Å². The van der Waals surface area contributed by atoms with E-state index in [-0.39, 0.29) is 0 Å². The lowest BCUT2D eigenvalue weighted by Crippen LogP contribution is -1.84. The van der Waals surface area contributed by atoms with Gasteiger partial charge in [0.2, 0.25) is 0 Å². The molecule has 0 aromatic heterocycles. The van der Waals surface area contributed by atoms with Gasteiger partial charge in [0.05, 0.1) is 0 Å². The highest BCUT2D eigenvalue weighted by Crippen LogP contribution is 2.13. The topological polar surface area (TPSA) is 48.8 Å². The summed E-state index contributed by atoms with van der Waals surface area (Å²) in [7, 11) is 0. The molecule has 0 fully saturated rings. The van der Waals surface area contributed by atoms with Crippen LogP contribution in [0.25, 0.3) is 10.4 Å². The van der Waals surface area contributed by atoms with E-state index in [1.54, 1.807) is 0 Å². The monoisotopic (exact) mass is 345 g/mol. The number of hydrogen-bond acceptors (Lipinski definition) is 1. The van der Waals surface area contributed by atoms with Gasteiger partial charge in [-0.15, -0.1) is 0 Å². The number of alkyl halides is 1. The summed E-state index contributed by atoms with van der Waals surface area (Å²) >= 11 is 3.48. The van der Waals surface area contributed by atoms with Crippen molar-refractivity contribution in [3.8, 4) is 0 Å². The van der Waals surface area contributed by atoms with Gasteiger partial charge >= 0.3 is 0 Å². The Bertz CT molecular complexity index is 228. The molecule has 0 bridgehead atoms. The minimum Gasteiger partial charge on any atom is -0.0940 e. The molecule has 0 atom stereocenters. The van der Waals surface area contributed by atoms with Gasteiger partial charge in [0.1, 0.15) is 0 Å². The molecule has 0 rings (SSSR count). The van der Waals surface area contributed by atoms with Crippen LogP contribution in [0.2, 0.25) is 0 Å². The van der Waals surface area contributed by atoms with Crippen LogP contribution in [0, 0.1) is 0 Å². The Labute approximate surface area is 133 Å².